The Hall–Kier alpha value is -0.610. The first-order valence-corrected chi connectivity index (χ1v) is 6.05. The van der Waals surface area contributed by atoms with E-state index in [1.807, 2.05) is 4.90 Å². The molecule has 4 nitrogen and oxygen atoms in total. The average Bonchev–Trinajstić information content (AvgIpc) is 2.88. The monoisotopic (exact) mass is 225 g/mol. The molecule has 1 saturated carbocycles. The Morgan fingerprint density at radius 2 is 2.25 bits per heavy atom. The summed E-state index contributed by atoms with van der Waals surface area (Å²) in [6, 6.07) is 0. The lowest BCUT2D eigenvalue weighted by molar-refractivity contribution is -0.158. The van der Waals surface area contributed by atoms with Gasteiger partial charge in [0.2, 0.25) is 0 Å². The van der Waals surface area contributed by atoms with E-state index in [0.29, 0.717) is 19.6 Å². The molecule has 3 heterocycles. The Labute approximate surface area is 95.9 Å². The van der Waals surface area contributed by atoms with Crippen LogP contribution >= 0.6 is 0 Å². The summed E-state index contributed by atoms with van der Waals surface area (Å²) in [4.78, 5) is 14.6. The number of hydrogen-bond donors (Lipinski definition) is 0. The number of fused-ring (bicyclic) bond motifs is 1. The summed E-state index contributed by atoms with van der Waals surface area (Å²) in [7, 11) is 1.62. The minimum absolute atomic E-state index is 0.107. The number of hydrogen-bond acceptors (Lipinski definition) is 3. The molecule has 90 valence electrons. The summed E-state index contributed by atoms with van der Waals surface area (Å²) in [6.07, 6.45) is 3.03. The summed E-state index contributed by atoms with van der Waals surface area (Å²) < 4.78 is 10.8. The van der Waals surface area contributed by atoms with Crippen molar-refractivity contribution in [3.05, 3.63) is 0 Å². The third-order valence-corrected chi connectivity index (χ3v) is 4.56. The van der Waals surface area contributed by atoms with Crippen molar-refractivity contribution in [1.82, 2.24) is 4.90 Å². The van der Waals surface area contributed by atoms with Gasteiger partial charge in [-0.25, -0.2) is 0 Å². The third-order valence-electron chi connectivity index (χ3n) is 4.56. The zero-order chi connectivity index (χ0) is 11.4. The molecule has 1 atom stereocenters. The molecule has 0 aromatic rings. The standard InChI is InChI=1S/C12H19NO3/c1-11-5-9(6-11)7-13(11)10(14)12(15-2)3-4-16-8-12/h9H,3-8H2,1-2H3. The maximum atomic E-state index is 12.6. The first-order chi connectivity index (χ1) is 7.60. The second kappa shape index (κ2) is 3.20. The summed E-state index contributed by atoms with van der Waals surface area (Å²) in [5.74, 6) is 0.875. The highest BCUT2D eigenvalue weighted by Gasteiger charge is 2.58. The normalized spacial score (nSPS) is 45.9. The second-order valence-corrected chi connectivity index (χ2v) is 5.69. The van der Waals surface area contributed by atoms with E-state index in [0.717, 1.165) is 12.5 Å². The van der Waals surface area contributed by atoms with Crippen LogP contribution in [0.15, 0.2) is 0 Å². The zero-order valence-electron chi connectivity index (χ0n) is 9.99. The van der Waals surface area contributed by atoms with E-state index in [4.69, 9.17) is 9.47 Å². The van der Waals surface area contributed by atoms with Gasteiger partial charge in [-0.1, -0.05) is 0 Å². The molecule has 4 heteroatoms. The van der Waals surface area contributed by atoms with Crippen LogP contribution in [0.5, 0.6) is 0 Å². The van der Waals surface area contributed by atoms with Gasteiger partial charge in [0.05, 0.1) is 13.2 Å². The van der Waals surface area contributed by atoms with Crippen LogP contribution in [-0.2, 0) is 14.3 Å². The highest BCUT2D eigenvalue weighted by molar-refractivity contribution is 5.87. The van der Waals surface area contributed by atoms with E-state index in [1.54, 1.807) is 7.11 Å². The Morgan fingerprint density at radius 1 is 1.50 bits per heavy atom. The van der Waals surface area contributed by atoms with Crippen molar-refractivity contribution in [2.24, 2.45) is 5.92 Å². The number of carbonyl (C=O) groups is 1. The fraction of sp³-hybridized carbons (Fsp3) is 0.917. The van der Waals surface area contributed by atoms with Crippen molar-refractivity contribution in [2.75, 3.05) is 26.9 Å². The van der Waals surface area contributed by atoms with Crippen LogP contribution in [-0.4, -0.2) is 48.8 Å². The lowest BCUT2D eigenvalue weighted by Crippen LogP contribution is -2.55. The van der Waals surface area contributed by atoms with Crippen LogP contribution in [0.2, 0.25) is 0 Å². The highest BCUT2D eigenvalue weighted by Crippen LogP contribution is 2.51. The molecule has 4 fully saturated rings. The SMILES string of the molecule is COC1(C(=O)N2CC3CC2(C)C3)CCOC1. The molecule has 0 aromatic carbocycles. The quantitative estimate of drug-likeness (QED) is 0.698. The number of amides is 1. The number of nitrogens with zero attached hydrogens (tertiary/aromatic N) is 1. The predicted octanol–water partition coefficient (Wildman–Crippen LogP) is 0.803. The molecule has 2 bridgehead atoms. The molecule has 16 heavy (non-hydrogen) atoms. The van der Waals surface area contributed by atoms with Crippen molar-refractivity contribution >= 4 is 5.91 Å². The molecule has 4 rings (SSSR count). The predicted molar refractivity (Wildman–Crippen MR) is 58.0 cm³/mol. The number of methoxy groups -OCH3 is 1. The van der Waals surface area contributed by atoms with Crippen molar-refractivity contribution < 1.29 is 14.3 Å². The van der Waals surface area contributed by atoms with E-state index in [1.165, 1.54) is 12.8 Å². The van der Waals surface area contributed by atoms with Gasteiger partial charge in [-0.3, -0.25) is 4.79 Å². The van der Waals surface area contributed by atoms with Crippen molar-refractivity contribution in [1.29, 1.82) is 0 Å². The summed E-state index contributed by atoms with van der Waals surface area (Å²) in [5, 5.41) is 0. The summed E-state index contributed by atoms with van der Waals surface area (Å²) >= 11 is 0. The molecule has 1 aliphatic carbocycles. The van der Waals surface area contributed by atoms with Gasteiger partial charge in [0.25, 0.3) is 5.91 Å². The molecular weight excluding hydrogens is 206 g/mol. The smallest absolute Gasteiger partial charge is 0.257 e. The Bertz CT molecular complexity index is 316. The molecule has 1 unspecified atom stereocenters. The van der Waals surface area contributed by atoms with Crippen LogP contribution in [0.4, 0.5) is 0 Å². The van der Waals surface area contributed by atoms with Gasteiger partial charge in [-0.2, -0.15) is 0 Å². The van der Waals surface area contributed by atoms with Crippen molar-refractivity contribution in [2.45, 2.75) is 37.3 Å². The number of ether oxygens (including phenoxy) is 2. The van der Waals surface area contributed by atoms with E-state index < -0.39 is 5.60 Å². The molecule has 0 spiro atoms. The lowest BCUT2D eigenvalue weighted by atomic mass is 9.74. The third kappa shape index (κ3) is 1.20. The fourth-order valence-corrected chi connectivity index (χ4v) is 3.55. The van der Waals surface area contributed by atoms with Crippen LogP contribution in [0.25, 0.3) is 0 Å². The second-order valence-electron chi connectivity index (χ2n) is 5.69. The Balaban J connectivity index is 1.82. The first kappa shape index (κ1) is 10.5. The molecule has 0 radical (unpaired) electrons. The molecule has 4 aliphatic rings. The summed E-state index contributed by atoms with van der Waals surface area (Å²) in [5.41, 5.74) is -0.587. The van der Waals surface area contributed by atoms with Crippen LogP contribution < -0.4 is 0 Å². The molecular formula is C12H19NO3. The van der Waals surface area contributed by atoms with Gasteiger partial charge in [-0.05, 0) is 25.7 Å². The van der Waals surface area contributed by atoms with Gasteiger partial charge in [0.1, 0.15) is 0 Å². The van der Waals surface area contributed by atoms with E-state index >= 15 is 0 Å². The van der Waals surface area contributed by atoms with Crippen LogP contribution in [0.1, 0.15) is 26.2 Å². The first-order valence-electron chi connectivity index (χ1n) is 6.05. The van der Waals surface area contributed by atoms with E-state index in [9.17, 15) is 4.79 Å². The minimum Gasteiger partial charge on any atom is -0.378 e. The van der Waals surface area contributed by atoms with Crippen molar-refractivity contribution in [3.8, 4) is 0 Å². The largest absolute Gasteiger partial charge is 0.378 e. The van der Waals surface area contributed by atoms with Crippen molar-refractivity contribution in [3.63, 3.8) is 0 Å². The molecule has 0 N–H and O–H groups in total. The maximum absolute atomic E-state index is 12.6. The van der Waals surface area contributed by atoms with E-state index in [2.05, 4.69) is 6.92 Å². The van der Waals surface area contributed by atoms with Gasteiger partial charge < -0.3 is 14.4 Å². The van der Waals surface area contributed by atoms with Crippen LogP contribution in [0.3, 0.4) is 0 Å². The Morgan fingerprint density at radius 3 is 2.69 bits per heavy atom. The highest BCUT2D eigenvalue weighted by atomic mass is 16.6. The number of carbonyl (C=O) groups excluding carboxylic acids is 1. The lowest BCUT2D eigenvalue weighted by Gasteiger charge is -2.41. The van der Waals surface area contributed by atoms with Gasteiger partial charge in [-0.15, -0.1) is 0 Å². The number of rotatable bonds is 2. The maximum Gasteiger partial charge on any atom is 0.257 e. The van der Waals surface area contributed by atoms with Gasteiger partial charge in [0.15, 0.2) is 5.60 Å². The average molecular weight is 225 g/mol. The molecule has 0 aromatic heterocycles. The minimum atomic E-state index is -0.694. The van der Waals surface area contributed by atoms with Crippen LogP contribution in [0, 0.1) is 5.92 Å². The summed E-state index contributed by atoms with van der Waals surface area (Å²) in [6.45, 7) is 4.15. The Kier molecular flexibility index (Phi) is 2.11. The molecule has 3 aliphatic heterocycles. The molecule has 1 amide bonds. The van der Waals surface area contributed by atoms with Gasteiger partial charge in [0, 0.05) is 25.6 Å². The fourth-order valence-electron chi connectivity index (χ4n) is 3.55. The topological polar surface area (TPSA) is 38.8 Å². The molecule has 3 saturated heterocycles. The zero-order valence-corrected chi connectivity index (χ0v) is 9.99. The van der Waals surface area contributed by atoms with E-state index in [-0.39, 0.29) is 11.4 Å². The van der Waals surface area contributed by atoms with Gasteiger partial charge >= 0.3 is 0 Å².